The first-order valence-electron chi connectivity index (χ1n) is 10.7. The van der Waals surface area contributed by atoms with Gasteiger partial charge < -0.3 is 20.4 Å². The molecule has 180 valence electrons. The molecule has 0 saturated heterocycles. The number of nitrogens with zero attached hydrogens (tertiary/aromatic N) is 1. The lowest BCUT2D eigenvalue weighted by Crippen LogP contribution is -2.39. The van der Waals surface area contributed by atoms with Gasteiger partial charge in [0.1, 0.15) is 11.5 Å². The number of hydrogen-bond acceptors (Lipinski definition) is 6. The van der Waals surface area contributed by atoms with E-state index in [1.165, 1.54) is 6.21 Å². The molecule has 2 aromatic carbocycles. The Kier molecular flexibility index (Phi) is 8.49. The molecular weight excluding hydrogens is 450 g/mol. The first-order valence-corrected chi connectivity index (χ1v) is 10.7. The maximum absolute atomic E-state index is 12.0. The van der Waals surface area contributed by atoms with Crippen LogP contribution in [0, 0.1) is 6.92 Å². The predicted molar refractivity (Wildman–Crippen MR) is 129 cm³/mol. The number of hydrogen-bond donors (Lipinski definition) is 4. The van der Waals surface area contributed by atoms with Crippen molar-refractivity contribution in [1.82, 2.24) is 16.1 Å². The molecule has 0 fully saturated rings. The summed E-state index contributed by atoms with van der Waals surface area (Å²) in [6, 6.07) is 19.0. The minimum atomic E-state index is -0.928. The van der Waals surface area contributed by atoms with Crippen molar-refractivity contribution in [1.29, 1.82) is 0 Å². The van der Waals surface area contributed by atoms with E-state index in [4.69, 9.17) is 4.42 Å². The lowest BCUT2D eigenvalue weighted by Gasteiger charge is -2.13. The Balaban J connectivity index is 1.42. The molecule has 0 radical (unpaired) electrons. The summed E-state index contributed by atoms with van der Waals surface area (Å²) in [4.78, 5) is 47.9. The van der Waals surface area contributed by atoms with Gasteiger partial charge in [-0.2, -0.15) is 5.10 Å². The van der Waals surface area contributed by atoms with E-state index in [1.54, 1.807) is 31.2 Å². The topological polar surface area (TPSA) is 142 Å². The van der Waals surface area contributed by atoms with E-state index in [2.05, 4.69) is 26.5 Å². The van der Waals surface area contributed by atoms with Crippen LogP contribution in [-0.4, -0.2) is 29.8 Å². The second-order valence-electron chi connectivity index (χ2n) is 7.61. The highest BCUT2D eigenvalue weighted by atomic mass is 16.3. The number of carbonyl (C=O) groups is 4. The summed E-state index contributed by atoms with van der Waals surface area (Å²) in [5.41, 5.74) is 4.53. The third-order valence-corrected chi connectivity index (χ3v) is 4.83. The number of benzene rings is 2. The standard InChI is InChI=1S/C25H25N5O5/c1-16-8-10-19(11-9-16)29-23(32)22(31)26-14-20-12-13-21(35-20)15-27-30-25(34)24(33)28-17(2)18-6-4-3-5-7-18/h3-13,15,17H,14H2,1-2H3,(H,26,31)(H,28,33)(H,29,32)(H,30,34)/b27-15+/t17-/m0/s1. The summed E-state index contributed by atoms with van der Waals surface area (Å²) < 4.78 is 5.46. The van der Waals surface area contributed by atoms with Crippen LogP contribution in [0.5, 0.6) is 0 Å². The molecule has 1 atom stereocenters. The van der Waals surface area contributed by atoms with Gasteiger partial charge in [-0.1, -0.05) is 48.0 Å². The molecule has 3 aromatic rings. The number of amides is 4. The Labute approximate surface area is 201 Å². The van der Waals surface area contributed by atoms with E-state index in [0.717, 1.165) is 11.1 Å². The van der Waals surface area contributed by atoms with Gasteiger partial charge >= 0.3 is 23.6 Å². The normalized spacial score (nSPS) is 11.5. The molecule has 0 saturated carbocycles. The number of rotatable bonds is 7. The predicted octanol–water partition coefficient (Wildman–Crippen LogP) is 2.17. The van der Waals surface area contributed by atoms with Gasteiger partial charge in [-0.05, 0) is 43.7 Å². The summed E-state index contributed by atoms with van der Waals surface area (Å²) in [6.07, 6.45) is 1.21. The monoisotopic (exact) mass is 475 g/mol. The van der Waals surface area contributed by atoms with Crippen LogP contribution in [0.3, 0.4) is 0 Å². The van der Waals surface area contributed by atoms with Crippen molar-refractivity contribution in [2.24, 2.45) is 5.10 Å². The zero-order chi connectivity index (χ0) is 25.2. The van der Waals surface area contributed by atoms with Crippen molar-refractivity contribution in [2.75, 3.05) is 5.32 Å². The number of carbonyl (C=O) groups excluding carboxylic acids is 4. The van der Waals surface area contributed by atoms with Gasteiger partial charge in [0, 0.05) is 5.69 Å². The maximum atomic E-state index is 12.0. The van der Waals surface area contributed by atoms with Gasteiger partial charge in [0.05, 0.1) is 18.8 Å². The summed E-state index contributed by atoms with van der Waals surface area (Å²) >= 11 is 0. The lowest BCUT2D eigenvalue weighted by atomic mass is 10.1. The summed E-state index contributed by atoms with van der Waals surface area (Å²) in [5, 5.41) is 11.2. The van der Waals surface area contributed by atoms with Crippen LogP contribution in [-0.2, 0) is 25.7 Å². The molecule has 1 heterocycles. The number of furan rings is 1. The Bertz CT molecular complexity index is 1220. The quantitative estimate of drug-likeness (QED) is 0.235. The molecule has 0 aliphatic heterocycles. The van der Waals surface area contributed by atoms with Gasteiger partial charge in [-0.25, -0.2) is 5.43 Å². The molecule has 4 N–H and O–H groups in total. The number of nitrogens with one attached hydrogen (secondary N) is 4. The van der Waals surface area contributed by atoms with E-state index in [-0.39, 0.29) is 18.3 Å². The zero-order valence-electron chi connectivity index (χ0n) is 19.2. The van der Waals surface area contributed by atoms with E-state index in [1.807, 2.05) is 49.4 Å². The fraction of sp³-hybridized carbons (Fsp3) is 0.160. The zero-order valence-corrected chi connectivity index (χ0v) is 19.2. The van der Waals surface area contributed by atoms with Crippen LogP contribution in [0.1, 0.15) is 35.6 Å². The number of aryl methyl sites for hydroxylation is 1. The van der Waals surface area contributed by atoms with Crippen molar-refractivity contribution in [2.45, 2.75) is 26.4 Å². The molecule has 10 nitrogen and oxygen atoms in total. The van der Waals surface area contributed by atoms with Crippen molar-refractivity contribution in [3.63, 3.8) is 0 Å². The lowest BCUT2D eigenvalue weighted by molar-refractivity contribution is -0.139. The molecular formula is C25H25N5O5. The number of hydrazone groups is 1. The van der Waals surface area contributed by atoms with Crippen LogP contribution in [0.25, 0.3) is 0 Å². The van der Waals surface area contributed by atoms with Gasteiger partial charge in [0.2, 0.25) is 0 Å². The average molecular weight is 476 g/mol. The smallest absolute Gasteiger partial charge is 0.329 e. The minimum Gasteiger partial charge on any atom is -0.458 e. The van der Waals surface area contributed by atoms with Gasteiger partial charge in [0.15, 0.2) is 0 Å². The van der Waals surface area contributed by atoms with Crippen LogP contribution >= 0.6 is 0 Å². The van der Waals surface area contributed by atoms with Crippen LogP contribution in [0.15, 0.2) is 76.2 Å². The van der Waals surface area contributed by atoms with Gasteiger partial charge in [0.25, 0.3) is 0 Å². The highest BCUT2D eigenvalue weighted by molar-refractivity contribution is 6.39. The maximum Gasteiger partial charge on any atom is 0.329 e. The second-order valence-corrected chi connectivity index (χ2v) is 7.61. The Hall–Kier alpha value is -4.73. The van der Waals surface area contributed by atoms with E-state index < -0.39 is 23.6 Å². The highest BCUT2D eigenvalue weighted by Gasteiger charge is 2.17. The first-order chi connectivity index (χ1) is 16.8. The molecule has 10 heteroatoms. The van der Waals surface area contributed by atoms with Crippen molar-refractivity contribution in [3.05, 3.63) is 89.4 Å². The Morgan fingerprint density at radius 3 is 2.31 bits per heavy atom. The van der Waals surface area contributed by atoms with Crippen molar-refractivity contribution >= 4 is 35.5 Å². The molecule has 0 spiro atoms. The molecule has 3 rings (SSSR count). The third kappa shape index (κ3) is 7.67. The SMILES string of the molecule is Cc1ccc(NC(=O)C(=O)NCc2ccc(/C=N/NC(=O)C(=O)N[C@@H](C)c3ccccc3)o2)cc1. The summed E-state index contributed by atoms with van der Waals surface area (Å²) in [5.74, 6) is -2.74. The fourth-order valence-electron chi connectivity index (χ4n) is 2.92. The van der Waals surface area contributed by atoms with E-state index in [9.17, 15) is 19.2 Å². The second kappa shape index (κ2) is 11.9. The Morgan fingerprint density at radius 2 is 1.60 bits per heavy atom. The third-order valence-electron chi connectivity index (χ3n) is 4.83. The number of anilines is 1. The largest absolute Gasteiger partial charge is 0.458 e. The van der Waals surface area contributed by atoms with Crippen molar-refractivity contribution < 1.29 is 23.6 Å². The van der Waals surface area contributed by atoms with Gasteiger partial charge in [-0.3, -0.25) is 19.2 Å². The molecule has 0 unspecified atom stereocenters. The highest BCUT2D eigenvalue weighted by Crippen LogP contribution is 2.11. The molecule has 1 aromatic heterocycles. The molecule has 0 aliphatic carbocycles. The Morgan fingerprint density at radius 1 is 0.886 bits per heavy atom. The molecule has 0 bridgehead atoms. The van der Waals surface area contributed by atoms with Crippen molar-refractivity contribution in [3.8, 4) is 0 Å². The molecule has 35 heavy (non-hydrogen) atoms. The molecule has 0 aliphatic rings. The molecule has 4 amide bonds. The summed E-state index contributed by atoms with van der Waals surface area (Å²) in [6.45, 7) is 3.65. The van der Waals surface area contributed by atoms with Gasteiger partial charge in [-0.15, -0.1) is 0 Å². The van der Waals surface area contributed by atoms with Crippen LogP contribution < -0.4 is 21.4 Å². The van der Waals surface area contributed by atoms with Crippen LogP contribution in [0.4, 0.5) is 5.69 Å². The van der Waals surface area contributed by atoms with E-state index in [0.29, 0.717) is 11.4 Å². The fourth-order valence-corrected chi connectivity index (χ4v) is 2.92. The summed E-state index contributed by atoms with van der Waals surface area (Å²) in [7, 11) is 0. The van der Waals surface area contributed by atoms with Crippen LogP contribution in [0.2, 0.25) is 0 Å². The minimum absolute atomic E-state index is 0.0276. The first kappa shape index (κ1) is 24.9. The average Bonchev–Trinajstić information content (AvgIpc) is 3.32. The van der Waals surface area contributed by atoms with E-state index >= 15 is 0 Å².